The lowest BCUT2D eigenvalue weighted by Crippen LogP contribution is -2.32. The van der Waals surface area contributed by atoms with Crippen molar-refractivity contribution >= 4 is 0 Å². The minimum atomic E-state index is -0.667. The number of aliphatic hydroxyl groups is 3. The van der Waals surface area contributed by atoms with Gasteiger partial charge in [0.1, 0.15) is 0 Å². The molecule has 0 aliphatic carbocycles. The summed E-state index contributed by atoms with van der Waals surface area (Å²) < 4.78 is 0. The van der Waals surface area contributed by atoms with E-state index in [4.69, 9.17) is 15.3 Å². The predicted molar refractivity (Wildman–Crippen MR) is 77.5 cm³/mol. The van der Waals surface area contributed by atoms with Crippen molar-refractivity contribution in [2.45, 2.75) is 45.4 Å². The van der Waals surface area contributed by atoms with Crippen LogP contribution in [0.3, 0.4) is 0 Å². The van der Waals surface area contributed by atoms with E-state index in [9.17, 15) is 0 Å². The zero-order valence-corrected chi connectivity index (χ0v) is 11.8. The van der Waals surface area contributed by atoms with Gasteiger partial charge in [0, 0.05) is 5.41 Å². The van der Waals surface area contributed by atoms with Crippen molar-refractivity contribution in [3.8, 4) is 0 Å². The minimum Gasteiger partial charge on any atom is -0.396 e. The van der Waals surface area contributed by atoms with Gasteiger partial charge in [-0.1, -0.05) is 25.5 Å². The lowest BCUT2D eigenvalue weighted by molar-refractivity contribution is 0.00304. The van der Waals surface area contributed by atoms with Gasteiger partial charge in [0.05, 0.1) is 19.8 Å². The van der Waals surface area contributed by atoms with Crippen molar-refractivity contribution in [3.05, 3.63) is 25.3 Å². The number of aliphatic hydroxyl groups excluding tert-OH is 3. The fraction of sp³-hybridized carbons (Fsp3) is 0.733. The largest absolute Gasteiger partial charge is 0.396 e. The number of allylic oxidation sites excluding steroid dienone is 2. The summed E-state index contributed by atoms with van der Waals surface area (Å²) in [5, 5.41) is 26.0. The van der Waals surface area contributed by atoms with Gasteiger partial charge in [-0.05, 0) is 32.1 Å². The van der Waals surface area contributed by atoms with Gasteiger partial charge in [-0.25, -0.2) is 0 Å². The van der Waals surface area contributed by atoms with Crippen LogP contribution in [0.15, 0.2) is 25.3 Å². The molecule has 18 heavy (non-hydrogen) atoms. The third-order valence-electron chi connectivity index (χ3n) is 3.07. The van der Waals surface area contributed by atoms with Gasteiger partial charge >= 0.3 is 0 Å². The molecular weight excluding hydrogens is 228 g/mol. The van der Waals surface area contributed by atoms with Crippen LogP contribution < -0.4 is 0 Å². The summed E-state index contributed by atoms with van der Waals surface area (Å²) in [5.41, 5.74) is -0.667. The Labute approximate surface area is 112 Å². The first kappa shape index (κ1) is 19.7. The molecule has 0 amide bonds. The zero-order chi connectivity index (χ0) is 14.3. The molecule has 0 radical (unpaired) electrons. The second-order valence-electron chi connectivity index (χ2n) is 4.54. The summed E-state index contributed by atoms with van der Waals surface area (Å²) in [6.07, 6.45) is 10.8. The number of rotatable bonds is 10. The molecular formula is C15H30O3. The van der Waals surface area contributed by atoms with Crippen molar-refractivity contribution < 1.29 is 15.3 Å². The third-order valence-corrected chi connectivity index (χ3v) is 3.07. The van der Waals surface area contributed by atoms with Gasteiger partial charge in [0.25, 0.3) is 0 Å². The highest BCUT2D eigenvalue weighted by atomic mass is 16.3. The van der Waals surface area contributed by atoms with Gasteiger partial charge in [-0.2, -0.15) is 0 Å². The predicted octanol–water partition coefficient (Wildman–Crippen LogP) is 2.67. The number of hydrogen-bond acceptors (Lipinski definition) is 3. The van der Waals surface area contributed by atoms with Crippen LogP contribution in [0.1, 0.15) is 45.4 Å². The maximum atomic E-state index is 8.66. The molecule has 0 unspecified atom stereocenters. The van der Waals surface area contributed by atoms with Crippen molar-refractivity contribution in [2.75, 3.05) is 19.8 Å². The molecule has 0 aromatic heterocycles. The maximum Gasteiger partial charge on any atom is 0.0531 e. The second kappa shape index (κ2) is 14.4. The summed E-state index contributed by atoms with van der Waals surface area (Å²) >= 11 is 0. The van der Waals surface area contributed by atoms with E-state index < -0.39 is 5.41 Å². The highest BCUT2D eigenvalue weighted by Crippen LogP contribution is 2.18. The summed E-state index contributed by atoms with van der Waals surface area (Å²) in [6, 6.07) is 0. The summed E-state index contributed by atoms with van der Waals surface area (Å²) in [7, 11) is 0. The van der Waals surface area contributed by atoms with E-state index in [-0.39, 0.29) is 19.8 Å². The van der Waals surface area contributed by atoms with E-state index >= 15 is 0 Å². The molecule has 0 aromatic rings. The van der Waals surface area contributed by atoms with Gasteiger partial charge in [-0.15, -0.1) is 13.2 Å². The molecule has 0 saturated carbocycles. The van der Waals surface area contributed by atoms with E-state index in [0.29, 0.717) is 6.42 Å². The Morgan fingerprint density at radius 3 is 1.39 bits per heavy atom. The second-order valence-corrected chi connectivity index (χ2v) is 4.54. The molecule has 0 fully saturated rings. The van der Waals surface area contributed by atoms with Crippen LogP contribution in [0.5, 0.6) is 0 Å². The summed E-state index contributed by atoms with van der Waals surface area (Å²) in [6.45, 7) is 8.67. The lowest BCUT2D eigenvalue weighted by atomic mass is 9.88. The normalized spacial score (nSPS) is 10.4. The third kappa shape index (κ3) is 10.5. The monoisotopic (exact) mass is 258 g/mol. The zero-order valence-electron chi connectivity index (χ0n) is 11.8. The lowest BCUT2D eigenvalue weighted by Gasteiger charge is -2.24. The fourth-order valence-corrected chi connectivity index (χ4v) is 1.24. The van der Waals surface area contributed by atoms with Gasteiger partial charge < -0.3 is 15.3 Å². The molecule has 0 aromatic carbocycles. The van der Waals surface area contributed by atoms with Gasteiger partial charge in [-0.3, -0.25) is 0 Å². The number of hydrogen-bond donors (Lipinski definition) is 3. The van der Waals surface area contributed by atoms with Gasteiger partial charge in [0.2, 0.25) is 0 Å². The first-order chi connectivity index (χ1) is 8.66. The van der Waals surface area contributed by atoms with E-state index in [1.165, 1.54) is 19.3 Å². The Bertz CT molecular complexity index is 159. The average molecular weight is 258 g/mol. The topological polar surface area (TPSA) is 60.7 Å². The highest BCUT2D eigenvalue weighted by molar-refractivity contribution is 4.74. The smallest absolute Gasteiger partial charge is 0.0531 e. The molecule has 0 rings (SSSR count). The first-order valence-electron chi connectivity index (χ1n) is 6.70. The van der Waals surface area contributed by atoms with Crippen molar-refractivity contribution in [2.24, 2.45) is 5.41 Å². The molecule has 0 atom stereocenters. The first-order valence-corrected chi connectivity index (χ1v) is 6.70. The van der Waals surface area contributed by atoms with E-state index in [1.807, 2.05) is 19.1 Å². The molecule has 0 spiro atoms. The van der Waals surface area contributed by atoms with E-state index in [0.717, 1.165) is 12.8 Å². The molecule has 0 saturated heterocycles. The van der Waals surface area contributed by atoms with Crippen LogP contribution in [0.4, 0.5) is 0 Å². The average Bonchev–Trinajstić information content (AvgIpc) is 2.43. The molecule has 0 aliphatic rings. The molecule has 0 heterocycles. The molecule has 108 valence electrons. The quantitative estimate of drug-likeness (QED) is 0.417. The molecule has 3 heteroatoms. The van der Waals surface area contributed by atoms with E-state index in [1.54, 1.807) is 0 Å². The Morgan fingerprint density at radius 1 is 0.833 bits per heavy atom. The van der Waals surface area contributed by atoms with E-state index in [2.05, 4.69) is 13.2 Å². The summed E-state index contributed by atoms with van der Waals surface area (Å²) in [4.78, 5) is 0. The Kier molecular flexibility index (Phi) is 15.8. The highest BCUT2D eigenvalue weighted by Gasteiger charge is 2.24. The SMILES string of the molecule is C=CCCCCCC=C.CCC(CO)(CO)CO. The van der Waals surface area contributed by atoms with Crippen LogP contribution >= 0.6 is 0 Å². The molecule has 0 bridgehead atoms. The molecule has 0 aliphatic heterocycles. The maximum absolute atomic E-state index is 8.66. The van der Waals surface area contributed by atoms with Crippen molar-refractivity contribution in [1.82, 2.24) is 0 Å². The van der Waals surface area contributed by atoms with Crippen LogP contribution in [-0.2, 0) is 0 Å². The molecule has 3 N–H and O–H groups in total. The van der Waals surface area contributed by atoms with Crippen LogP contribution in [0.2, 0.25) is 0 Å². The van der Waals surface area contributed by atoms with Crippen LogP contribution in [-0.4, -0.2) is 35.1 Å². The Balaban J connectivity index is 0. The molecule has 3 nitrogen and oxygen atoms in total. The minimum absolute atomic E-state index is 0.156. The number of unbranched alkanes of at least 4 members (excludes halogenated alkanes) is 4. The van der Waals surface area contributed by atoms with Crippen molar-refractivity contribution in [3.63, 3.8) is 0 Å². The van der Waals surface area contributed by atoms with Crippen LogP contribution in [0, 0.1) is 5.41 Å². The summed E-state index contributed by atoms with van der Waals surface area (Å²) in [5.74, 6) is 0. The fourth-order valence-electron chi connectivity index (χ4n) is 1.24. The Morgan fingerprint density at radius 2 is 1.22 bits per heavy atom. The van der Waals surface area contributed by atoms with Crippen LogP contribution in [0.25, 0.3) is 0 Å². The Hall–Kier alpha value is -0.640. The van der Waals surface area contributed by atoms with Crippen molar-refractivity contribution in [1.29, 1.82) is 0 Å². The standard InChI is InChI=1S/C9H16.C6H14O3/c1-3-5-7-9-8-6-4-2;1-2-6(3-7,4-8)5-9/h3-4H,1-2,5-9H2;7-9H,2-5H2,1H3. The van der Waals surface area contributed by atoms with Gasteiger partial charge in [0.15, 0.2) is 0 Å².